The zero-order valence-corrected chi connectivity index (χ0v) is 51.2. The van der Waals surface area contributed by atoms with Crippen LogP contribution < -0.4 is 11.5 Å². The van der Waals surface area contributed by atoms with E-state index in [0.29, 0.717) is 25.7 Å². The monoisotopic (exact) mass is 1060 g/mol. The third-order valence-electron chi connectivity index (χ3n) is 16.7. The van der Waals surface area contributed by atoms with Gasteiger partial charge in [-0.25, -0.2) is 0 Å². The summed E-state index contributed by atoms with van der Waals surface area (Å²) in [6.07, 6.45) is 63.8. The van der Waals surface area contributed by atoms with Crippen LogP contribution in [-0.2, 0) is 23.9 Å². The molecule has 0 fully saturated rings. The van der Waals surface area contributed by atoms with Crippen LogP contribution in [0.15, 0.2) is 0 Å². The highest BCUT2D eigenvalue weighted by atomic mass is 16.5. The Kier molecular flexibility index (Phi) is 54.8. The first-order valence-corrected chi connectivity index (χ1v) is 33.9. The van der Waals surface area contributed by atoms with Gasteiger partial charge in [-0.3, -0.25) is 19.2 Å². The van der Waals surface area contributed by atoms with Gasteiger partial charge in [-0.2, -0.15) is 0 Å². The molecule has 0 heterocycles. The molecule has 7 heteroatoms. The molecular weight excluding hydrogens is 925 g/mol. The van der Waals surface area contributed by atoms with E-state index in [-0.39, 0.29) is 62.0 Å². The number of ether oxygens (including phenoxy) is 1. The van der Waals surface area contributed by atoms with Gasteiger partial charge in [0.2, 0.25) is 0 Å². The number of hydrogen-bond acceptors (Lipinski definition) is 7. The second kappa shape index (κ2) is 55.9. The van der Waals surface area contributed by atoms with Crippen molar-refractivity contribution in [3.05, 3.63) is 0 Å². The van der Waals surface area contributed by atoms with Crippen molar-refractivity contribution >= 4 is 23.1 Å². The van der Waals surface area contributed by atoms with E-state index in [1.807, 2.05) is 0 Å². The van der Waals surface area contributed by atoms with Gasteiger partial charge in [-0.05, 0) is 25.7 Å². The number of nitrogens with two attached hydrogens (primary N) is 2. The zero-order valence-electron chi connectivity index (χ0n) is 51.2. The molecule has 0 aromatic carbocycles. The van der Waals surface area contributed by atoms with Crippen LogP contribution in [0.1, 0.15) is 387 Å². The summed E-state index contributed by atoms with van der Waals surface area (Å²) in [5, 5.41) is 0. The molecule has 0 spiro atoms. The Morgan fingerprint density at radius 1 is 0.227 bits per heavy atom. The minimum absolute atomic E-state index is 0.228. The molecule has 0 aliphatic rings. The summed E-state index contributed by atoms with van der Waals surface area (Å²) in [7, 11) is 0. The van der Waals surface area contributed by atoms with Crippen molar-refractivity contribution < 1.29 is 23.9 Å². The van der Waals surface area contributed by atoms with Crippen LogP contribution in [-0.4, -0.2) is 47.4 Å². The summed E-state index contributed by atoms with van der Waals surface area (Å²) < 4.78 is 6.19. The molecule has 444 valence electrons. The molecule has 0 saturated heterocycles. The average molecular weight is 1060 g/mol. The maximum atomic E-state index is 14.1. The Labute approximate surface area is 468 Å². The van der Waals surface area contributed by atoms with E-state index in [1.165, 1.54) is 231 Å². The summed E-state index contributed by atoms with van der Waals surface area (Å²) in [6, 6.07) is 0. The first-order chi connectivity index (χ1) is 36.6. The van der Waals surface area contributed by atoms with Gasteiger partial charge in [0.25, 0.3) is 0 Å². The fraction of sp³-hybridized carbons (Fsp3) is 0.941. The lowest BCUT2D eigenvalue weighted by Gasteiger charge is -2.31. The van der Waals surface area contributed by atoms with Crippen molar-refractivity contribution in [3.63, 3.8) is 0 Å². The van der Waals surface area contributed by atoms with Crippen LogP contribution in [0.3, 0.4) is 0 Å². The third kappa shape index (κ3) is 44.0. The summed E-state index contributed by atoms with van der Waals surface area (Å²) >= 11 is 0. The SMILES string of the molecule is CCCCCCCCCCCCCCCC(=O)C(N)(COCC(N)(C(=O)CCCCCCCCCCCCCCC)C(=O)CCCCCCCCCCCCCCC)C(=O)CCCCCCCCCCCCCCC. The number of carbonyl (C=O) groups is 4. The molecule has 7 nitrogen and oxygen atoms in total. The Morgan fingerprint density at radius 3 is 0.480 bits per heavy atom. The van der Waals surface area contributed by atoms with E-state index in [0.717, 1.165) is 77.0 Å². The number of Topliss-reactive ketones (excluding diaryl/α,β-unsaturated/α-hetero) is 4. The fourth-order valence-electron chi connectivity index (χ4n) is 11.1. The smallest absolute Gasteiger partial charge is 0.162 e. The standard InChI is InChI=1S/C68H132N2O5/c1-5-9-13-17-21-25-29-33-37-41-45-49-53-57-63(71)67(69,64(72)58-54-50-46-42-38-34-30-26-22-18-14-10-6-2)61-75-62-68(70,65(73)59-55-51-47-43-39-35-31-27-23-19-15-11-7-3)66(74)60-56-52-48-44-40-36-32-28-24-20-16-12-8-4/h5-62,69-70H2,1-4H3. The number of carbonyl (C=O) groups excluding carboxylic acids is 4. The van der Waals surface area contributed by atoms with Crippen LogP contribution in [0.4, 0.5) is 0 Å². The normalized spacial score (nSPS) is 12.0. The molecule has 0 aromatic rings. The summed E-state index contributed by atoms with van der Waals surface area (Å²) in [4.78, 5) is 56.3. The van der Waals surface area contributed by atoms with Crippen molar-refractivity contribution in [3.8, 4) is 0 Å². The van der Waals surface area contributed by atoms with Gasteiger partial charge in [-0.1, -0.05) is 336 Å². The summed E-state index contributed by atoms with van der Waals surface area (Å²) in [6.45, 7) is 8.36. The quantitative estimate of drug-likeness (QED) is 0.0458. The number of ketones is 4. The Bertz CT molecular complexity index is 1090. The van der Waals surface area contributed by atoms with Gasteiger partial charge >= 0.3 is 0 Å². The predicted molar refractivity (Wildman–Crippen MR) is 326 cm³/mol. The summed E-state index contributed by atoms with van der Waals surface area (Å²) in [5.41, 5.74) is 10.2. The molecule has 0 rings (SSSR count). The Morgan fingerprint density at radius 2 is 0.347 bits per heavy atom. The summed E-state index contributed by atoms with van der Waals surface area (Å²) in [5.74, 6) is -1.15. The van der Waals surface area contributed by atoms with E-state index in [2.05, 4.69) is 27.7 Å². The number of hydrogen-bond donors (Lipinski definition) is 2. The van der Waals surface area contributed by atoms with Gasteiger partial charge in [0, 0.05) is 25.7 Å². The zero-order chi connectivity index (χ0) is 55.0. The van der Waals surface area contributed by atoms with Crippen LogP contribution in [0.25, 0.3) is 0 Å². The Balaban J connectivity index is 5.49. The number of unbranched alkanes of at least 4 members (excludes halogenated alkanes) is 48. The van der Waals surface area contributed by atoms with Gasteiger partial charge in [0.05, 0.1) is 13.2 Å². The minimum atomic E-state index is -1.81. The Hall–Kier alpha value is -1.44. The molecule has 0 unspecified atom stereocenters. The molecule has 0 atom stereocenters. The maximum Gasteiger partial charge on any atom is 0.162 e. The highest BCUT2D eigenvalue weighted by Crippen LogP contribution is 2.23. The third-order valence-corrected chi connectivity index (χ3v) is 16.7. The van der Waals surface area contributed by atoms with Crippen LogP contribution in [0.2, 0.25) is 0 Å². The first kappa shape index (κ1) is 73.6. The number of rotatable bonds is 64. The van der Waals surface area contributed by atoms with Crippen molar-refractivity contribution in [1.82, 2.24) is 0 Å². The highest BCUT2D eigenvalue weighted by molar-refractivity contribution is 6.12. The van der Waals surface area contributed by atoms with E-state index in [1.54, 1.807) is 0 Å². The van der Waals surface area contributed by atoms with Crippen LogP contribution >= 0.6 is 0 Å². The first-order valence-electron chi connectivity index (χ1n) is 33.9. The van der Waals surface area contributed by atoms with Crippen LogP contribution in [0, 0.1) is 0 Å². The van der Waals surface area contributed by atoms with Crippen molar-refractivity contribution in [2.75, 3.05) is 13.2 Å². The molecular formula is C68H132N2O5. The van der Waals surface area contributed by atoms with Crippen molar-refractivity contribution in [1.29, 1.82) is 0 Å². The highest BCUT2D eigenvalue weighted by Gasteiger charge is 2.44. The average Bonchev–Trinajstić information content (AvgIpc) is 3.41. The lowest BCUT2D eigenvalue weighted by molar-refractivity contribution is -0.141. The van der Waals surface area contributed by atoms with Gasteiger partial charge < -0.3 is 16.2 Å². The molecule has 4 N–H and O–H groups in total. The van der Waals surface area contributed by atoms with E-state index in [9.17, 15) is 19.2 Å². The van der Waals surface area contributed by atoms with Crippen molar-refractivity contribution in [2.24, 2.45) is 11.5 Å². The molecule has 0 radical (unpaired) electrons. The molecule has 0 saturated carbocycles. The molecule has 0 aromatic heterocycles. The minimum Gasteiger partial charge on any atom is -0.376 e. The van der Waals surface area contributed by atoms with E-state index < -0.39 is 11.1 Å². The second-order valence-electron chi connectivity index (χ2n) is 24.1. The topological polar surface area (TPSA) is 130 Å². The van der Waals surface area contributed by atoms with Crippen LogP contribution in [0.5, 0.6) is 0 Å². The maximum absolute atomic E-state index is 14.1. The lowest BCUT2D eigenvalue weighted by Crippen LogP contribution is -2.62. The largest absolute Gasteiger partial charge is 0.376 e. The van der Waals surface area contributed by atoms with Gasteiger partial charge in [0.15, 0.2) is 34.2 Å². The van der Waals surface area contributed by atoms with E-state index >= 15 is 0 Å². The second-order valence-corrected chi connectivity index (χ2v) is 24.1. The lowest BCUT2D eigenvalue weighted by atomic mass is 9.84. The fourth-order valence-corrected chi connectivity index (χ4v) is 11.1. The molecule has 0 aliphatic carbocycles. The molecule has 0 aliphatic heterocycles. The molecule has 75 heavy (non-hydrogen) atoms. The van der Waals surface area contributed by atoms with E-state index in [4.69, 9.17) is 16.2 Å². The van der Waals surface area contributed by atoms with Gasteiger partial charge in [-0.15, -0.1) is 0 Å². The molecule has 0 amide bonds. The van der Waals surface area contributed by atoms with Crippen molar-refractivity contribution in [2.45, 2.75) is 398 Å². The molecule has 0 bridgehead atoms. The predicted octanol–water partition coefficient (Wildman–Crippen LogP) is 20.6. The van der Waals surface area contributed by atoms with Gasteiger partial charge in [0.1, 0.15) is 0 Å².